The molecular formula is C19H30FN3O. The molecule has 2 rings (SSSR count). The van der Waals surface area contributed by atoms with Gasteiger partial charge in [-0.3, -0.25) is 0 Å². The molecule has 1 saturated heterocycles. The summed E-state index contributed by atoms with van der Waals surface area (Å²) in [4.78, 5) is 16.7. The summed E-state index contributed by atoms with van der Waals surface area (Å²) >= 11 is 0. The Morgan fingerprint density at radius 2 is 2.00 bits per heavy atom. The molecule has 1 fully saturated rings. The van der Waals surface area contributed by atoms with Crippen LogP contribution in [0.4, 0.5) is 9.18 Å². The van der Waals surface area contributed by atoms with Gasteiger partial charge in [0.2, 0.25) is 0 Å². The van der Waals surface area contributed by atoms with Gasteiger partial charge in [-0.2, -0.15) is 0 Å². The Hall–Kier alpha value is -1.62. The number of carbonyl (C=O) groups excluding carboxylic acids is 1. The second-order valence-corrected chi connectivity index (χ2v) is 7.49. The third kappa shape index (κ3) is 5.48. The van der Waals surface area contributed by atoms with E-state index in [1.54, 1.807) is 12.1 Å². The van der Waals surface area contributed by atoms with E-state index in [0.29, 0.717) is 11.8 Å². The molecule has 2 amide bonds. The van der Waals surface area contributed by atoms with E-state index in [1.165, 1.54) is 12.1 Å². The van der Waals surface area contributed by atoms with E-state index in [1.807, 2.05) is 4.90 Å². The van der Waals surface area contributed by atoms with Crippen LogP contribution in [-0.4, -0.2) is 55.6 Å². The van der Waals surface area contributed by atoms with Gasteiger partial charge >= 0.3 is 6.03 Å². The second kappa shape index (κ2) is 8.47. The van der Waals surface area contributed by atoms with Gasteiger partial charge in [0.05, 0.1) is 0 Å². The number of likely N-dealkylation sites (tertiary alicyclic amines) is 1. The average Bonchev–Trinajstić information content (AvgIpc) is 2.96. The Kier molecular flexibility index (Phi) is 6.60. The van der Waals surface area contributed by atoms with Crippen LogP contribution in [0.15, 0.2) is 24.3 Å². The Bertz CT molecular complexity index is 530. The van der Waals surface area contributed by atoms with Crippen molar-refractivity contribution >= 4 is 6.03 Å². The SMILES string of the molecule is CC(C)[C@H](Cc1ccc(F)cc1)NC(=O)N1CC[C@H](CN(C)C)C1. The molecule has 0 radical (unpaired) electrons. The molecule has 1 aliphatic rings. The van der Waals surface area contributed by atoms with Gasteiger partial charge in [-0.25, -0.2) is 9.18 Å². The van der Waals surface area contributed by atoms with Crippen molar-refractivity contribution in [3.63, 3.8) is 0 Å². The monoisotopic (exact) mass is 335 g/mol. The number of amides is 2. The van der Waals surface area contributed by atoms with Crippen molar-refractivity contribution in [1.82, 2.24) is 15.1 Å². The molecule has 0 saturated carbocycles. The lowest BCUT2D eigenvalue weighted by molar-refractivity contribution is 0.197. The molecule has 1 aromatic carbocycles. The maximum Gasteiger partial charge on any atom is 0.317 e. The summed E-state index contributed by atoms with van der Waals surface area (Å²) in [7, 11) is 4.14. The van der Waals surface area contributed by atoms with Gasteiger partial charge in [0.1, 0.15) is 5.82 Å². The molecule has 5 heteroatoms. The van der Waals surface area contributed by atoms with Crippen LogP contribution in [0.25, 0.3) is 0 Å². The Balaban J connectivity index is 1.90. The molecule has 1 aromatic rings. The van der Waals surface area contributed by atoms with Crippen LogP contribution in [0.1, 0.15) is 25.8 Å². The van der Waals surface area contributed by atoms with Crippen LogP contribution in [-0.2, 0) is 6.42 Å². The lowest BCUT2D eigenvalue weighted by Gasteiger charge is -2.26. The lowest BCUT2D eigenvalue weighted by Crippen LogP contribution is -2.47. The zero-order valence-corrected chi connectivity index (χ0v) is 15.3. The van der Waals surface area contributed by atoms with Crippen LogP contribution in [0.2, 0.25) is 0 Å². The molecule has 0 bridgehead atoms. The number of urea groups is 1. The first-order chi connectivity index (χ1) is 11.3. The Morgan fingerprint density at radius 3 is 2.58 bits per heavy atom. The summed E-state index contributed by atoms with van der Waals surface area (Å²) in [5.41, 5.74) is 1.04. The first-order valence-corrected chi connectivity index (χ1v) is 8.79. The number of hydrogen-bond acceptors (Lipinski definition) is 2. The van der Waals surface area contributed by atoms with Gasteiger partial charge in [0.25, 0.3) is 0 Å². The van der Waals surface area contributed by atoms with Crippen LogP contribution in [0.5, 0.6) is 0 Å². The maximum absolute atomic E-state index is 13.0. The van der Waals surface area contributed by atoms with Crippen molar-refractivity contribution in [3.05, 3.63) is 35.6 Å². The highest BCUT2D eigenvalue weighted by Crippen LogP contribution is 2.18. The van der Waals surface area contributed by atoms with Crippen molar-refractivity contribution in [3.8, 4) is 0 Å². The summed E-state index contributed by atoms with van der Waals surface area (Å²) < 4.78 is 13.0. The minimum absolute atomic E-state index is 0.0251. The highest BCUT2D eigenvalue weighted by atomic mass is 19.1. The number of rotatable bonds is 6. The summed E-state index contributed by atoms with van der Waals surface area (Å²) in [6.45, 7) is 6.88. The molecule has 0 spiro atoms. The molecule has 1 aliphatic heterocycles. The summed E-state index contributed by atoms with van der Waals surface area (Å²) in [5, 5.41) is 3.18. The summed E-state index contributed by atoms with van der Waals surface area (Å²) in [6, 6.07) is 6.61. The van der Waals surface area contributed by atoms with E-state index >= 15 is 0 Å². The van der Waals surface area contributed by atoms with Crippen LogP contribution < -0.4 is 5.32 Å². The van der Waals surface area contributed by atoms with Crippen LogP contribution in [0.3, 0.4) is 0 Å². The van der Waals surface area contributed by atoms with Gasteiger partial charge in [0.15, 0.2) is 0 Å². The number of halogens is 1. The highest BCUT2D eigenvalue weighted by Gasteiger charge is 2.28. The zero-order chi connectivity index (χ0) is 17.7. The summed E-state index contributed by atoms with van der Waals surface area (Å²) in [5.74, 6) is 0.646. The average molecular weight is 335 g/mol. The van der Waals surface area contributed by atoms with E-state index in [2.05, 4.69) is 38.2 Å². The van der Waals surface area contributed by atoms with E-state index in [-0.39, 0.29) is 17.9 Å². The molecule has 2 atom stereocenters. The quantitative estimate of drug-likeness (QED) is 0.867. The van der Waals surface area contributed by atoms with Crippen molar-refractivity contribution in [2.45, 2.75) is 32.7 Å². The van der Waals surface area contributed by atoms with Gasteiger partial charge in [0, 0.05) is 25.7 Å². The van der Waals surface area contributed by atoms with E-state index in [4.69, 9.17) is 0 Å². The van der Waals surface area contributed by atoms with Gasteiger partial charge in [-0.1, -0.05) is 26.0 Å². The van der Waals surface area contributed by atoms with Crippen LogP contribution in [0, 0.1) is 17.7 Å². The van der Waals surface area contributed by atoms with Crippen molar-refractivity contribution in [2.24, 2.45) is 11.8 Å². The zero-order valence-electron chi connectivity index (χ0n) is 15.3. The normalized spacial score (nSPS) is 19.1. The standard InChI is InChI=1S/C19H30FN3O/c1-14(2)18(11-15-5-7-17(20)8-6-15)21-19(24)23-10-9-16(13-23)12-22(3)4/h5-8,14,16,18H,9-13H2,1-4H3,(H,21,24)/t16-,18+/m1/s1. The lowest BCUT2D eigenvalue weighted by atomic mass is 9.96. The molecule has 0 aromatic heterocycles. The predicted molar refractivity (Wildman–Crippen MR) is 95.5 cm³/mol. The smallest absolute Gasteiger partial charge is 0.317 e. The van der Waals surface area contributed by atoms with Gasteiger partial charge in [-0.15, -0.1) is 0 Å². The van der Waals surface area contributed by atoms with E-state index in [9.17, 15) is 9.18 Å². The van der Waals surface area contributed by atoms with E-state index < -0.39 is 0 Å². The maximum atomic E-state index is 13.0. The topological polar surface area (TPSA) is 35.6 Å². The third-order valence-corrected chi connectivity index (χ3v) is 4.68. The van der Waals surface area contributed by atoms with Crippen molar-refractivity contribution in [2.75, 3.05) is 33.7 Å². The van der Waals surface area contributed by atoms with Crippen molar-refractivity contribution in [1.29, 1.82) is 0 Å². The van der Waals surface area contributed by atoms with E-state index in [0.717, 1.165) is 38.0 Å². The minimum atomic E-state index is -0.229. The minimum Gasteiger partial charge on any atom is -0.335 e. The molecule has 1 heterocycles. The molecular weight excluding hydrogens is 305 g/mol. The number of nitrogens with one attached hydrogen (secondary N) is 1. The number of benzene rings is 1. The molecule has 0 aliphatic carbocycles. The Morgan fingerprint density at radius 1 is 1.33 bits per heavy atom. The first-order valence-electron chi connectivity index (χ1n) is 8.79. The molecule has 134 valence electrons. The highest BCUT2D eigenvalue weighted by molar-refractivity contribution is 5.74. The largest absolute Gasteiger partial charge is 0.335 e. The number of carbonyl (C=O) groups is 1. The molecule has 24 heavy (non-hydrogen) atoms. The van der Waals surface area contributed by atoms with Crippen LogP contribution >= 0.6 is 0 Å². The first kappa shape index (κ1) is 18.7. The third-order valence-electron chi connectivity index (χ3n) is 4.68. The molecule has 4 nitrogen and oxygen atoms in total. The number of nitrogens with zero attached hydrogens (tertiary/aromatic N) is 2. The fraction of sp³-hybridized carbons (Fsp3) is 0.632. The fourth-order valence-corrected chi connectivity index (χ4v) is 3.26. The molecule has 0 unspecified atom stereocenters. The Labute approximate surface area is 145 Å². The predicted octanol–water partition coefficient (Wildman–Crippen LogP) is 2.99. The number of hydrogen-bond donors (Lipinski definition) is 1. The van der Waals surface area contributed by atoms with Gasteiger partial charge < -0.3 is 15.1 Å². The van der Waals surface area contributed by atoms with Gasteiger partial charge in [-0.05, 0) is 56.5 Å². The fourth-order valence-electron chi connectivity index (χ4n) is 3.26. The molecule has 1 N–H and O–H groups in total. The van der Waals surface area contributed by atoms with Crippen molar-refractivity contribution < 1.29 is 9.18 Å². The second-order valence-electron chi connectivity index (χ2n) is 7.49. The summed E-state index contributed by atoms with van der Waals surface area (Å²) in [6.07, 6.45) is 1.79.